The van der Waals surface area contributed by atoms with E-state index in [1.54, 1.807) is 11.3 Å². The summed E-state index contributed by atoms with van der Waals surface area (Å²) in [7, 11) is 0. The third kappa shape index (κ3) is 6.15. The van der Waals surface area contributed by atoms with E-state index in [1.165, 1.54) is 91.3 Å². The van der Waals surface area contributed by atoms with Gasteiger partial charge in [-0.15, -0.1) is 22.7 Å². The molecule has 0 radical (unpaired) electrons. The molecule has 3 rings (SSSR count). The Kier molecular flexibility index (Phi) is 8.39. The fourth-order valence-corrected chi connectivity index (χ4v) is 7.00. The zero-order valence-corrected chi connectivity index (χ0v) is 18.9. The van der Waals surface area contributed by atoms with Gasteiger partial charge in [-0.2, -0.15) is 0 Å². The van der Waals surface area contributed by atoms with Crippen molar-refractivity contribution in [3.63, 3.8) is 0 Å². The SMILES string of the molecule is CCCCCc1cc2sc(C(=O)C[C@@H]3CCC[C@@H](CCCCC)C3)cc2s1. The fourth-order valence-electron chi connectivity index (χ4n) is 4.59. The highest BCUT2D eigenvalue weighted by Crippen LogP contribution is 2.38. The van der Waals surface area contributed by atoms with Crippen molar-refractivity contribution in [2.45, 2.75) is 97.3 Å². The molecule has 0 aliphatic heterocycles. The molecule has 2 aromatic rings. The Morgan fingerprint density at radius 1 is 0.963 bits per heavy atom. The van der Waals surface area contributed by atoms with Crippen molar-refractivity contribution in [3.8, 4) is 0 Å². The van der Waals surface area contributed by atoms with E-state index in [2.05, 4.69) is 26.0 Å². The van der Waals surface area contributed by atoms with Gasteiger partial charge in [0.2, 0.25) is 0 Å². The fraction of sp³-hybridized carbons (Fsp3) is 0.708. The summed E-state index contributed by atoms with van der Waals surface area (Å²) in [6.07, 6.45) is 16.6. The molecule has 150 valence electrons. The summed E-state index contributed by atoms with van der Waals surface area (Å²) in [5, 5.41) is 0. The minimum atomic E-state index is 0.398. The average molecular weight is 405 g/mol. The van der Waals surface area contributed by atoms with Crippen LogP contribution in [0.5, 0.6) is 0 Å². The first kappa shape index (κ1) is 21.0. The lowest BCUT2D eigenvalue weighted by Gasteiger charge is -2.28. The van der Waals surface area contributed by atoms with Crippen LogP contribution in [0.1, 0.15) is 105 Å². The van der Waals surface area contributed by atoms with Gasteiger partial charge in [0.05, 0.1) is 4.88 Å². The molecule has 0 N–H and O–H groups in total. The van der Waals surface area contributed by atoms with Crippen LogP contribution >= 0.6 is 22.7 Å². The van der Waals surface area contributed by atoms with Crippen molar-refractivity contribution < 1.29 is 4.79 Å². The van der Waals surface area contributed by atoms with Gasteiger partial charge in [0.25, 0.3) is 0 Å². The van der Waals surface area contributed by atoms with Gasteiger partial charge in [-0.05, 0) is 49.7 Å². The van der Waals surface area contributed by atoms with Crippen molar-refractivity contribution in [3.05, 3.63) is 21.9 Å². The lowest BCUT2D eigenvalue weighted by atomic mass is 9.77. The summed E-state index contributed by atoms with van der Waals surface area (Å²) in [5.74, 6) is 1.90. The Hall–Kier alpha value is -0.670. The molecule has 1 saturated carbocycles. The molecule has 0 unspecified atom stereocenters. The second kappa shape index (κ2) is 10.8. The van der Waals surface area contributed by atoms with Crippen molar-refractivity contribution in [2.75, 3.05) is 0 Å². The van der Waals surface area contributed by atoms with Crippen LogP contribution in [0.2, 0.25) is 0 Å². The standard InChI is InChI=1S/C24H36OS2/c1-3-5-7-10-18-11-9-12-19(14-18)15-21(25)22-17-24-23(27-22)16-20(26-24)13-8-6-4-2/h16-19H,3-15H2,1-2H3/t18-,19-/m1/s1. The highest BCUT2D eigenvalue weighted by atomic mass is 32.1. The molecule has 3 heteroatoms. The summed E-state index contributed by atoms with van der Waals surface area (Å²) in [6, 6.07) is 4.51. The molecular weight excluding hydrogens is 368 g/mol. The van der Waals surface area contributed by atoms with Crippen molar-refractivity contribution in [2.24, 2.45) is 11.8 Å². The van der Waals surface area contributed by atoms with Gasteiger partial charge < -0.3 is 0 Å². The summed E-state index contributed by atoms with van der Waals surface area (Å²) in [5.41, 5.74) is 0. The number of unbranched alkanes of at least 4 members (excludes halogenated alkanes) is 4. The molecule has 0 aromatic carbocycles. The van der Waals surface area contributed by atoms with Gasteiger partial charge in [-0.25, -0.2) is 0 Å². The Bertz CT molecular complexity index is 680. The number of hydrogen-bond donors (Lipinski definition) is 0. The first-order chi connectivity index (χ1) is 13.2. The molecule has 1 nitrogen and oxygen atoms in total. The number of ketones is 1. The molecule has 1 aliphatic carbocycles. The number of hydrogen-bond acceptors (Lipinski definition) is 3. The maximum absolute atomic E-state index is 12.9. The van der Waals surface area contributed by atoms with Crippen LogP contribution in [-0.4, -0.2) is 5.78 Å². The Morgan fingerprint density at radius 3 is 2.48 bits per heavy atom. The molecule has 0 amide bonds. The van der Waals surface area contributed by atoms with E-state index in [4.69, 9.17) is 0 Å². The second-order valence-corrected chi connectivity index (χ2v) is 10.8. The van der Waals surface area contributed by atoms with Crippen molar-refractivity contribution in [1.82, 2.24) is 0 Å². The molecule has 2 aromatic heterocycles. The summed E-state index contributed by atoms with van der Waals surface area (Å²) >= 11 is 3.63. The topological polar surface area (TPSA) is 17.1 Å². The number of rotatable bonds is 11. The van der Waals surface area contributed by atoms with Crippen molar-refractivity contribution >= 4 is 37.9 Å². The molecule has 27 heavy (non-hydrogen) atoms. The van der Waals surface area contributed by atoms with Crippen molar-refractivity contribution in [1.29, 1.82) is 0 Å². The third-order valence-corrected chi connectivity index (χ3v) is 8.54. The van der Waals surface area contributed by atoms with Gasteiger partial charge >= 0.3 is 0 Å². The number of aryl methyl sites for hydroxylation is 1. The maximum Gasteiger partial charge on any atom is 0.173 e. The number of carbonyl (C=O) groups excluding carboxylic acids is 1. The van der Waals surface area contributed by atoms with Gasteiger partial charge in [0.15, 0.2) is 5.78 Å². The Balaban J connectivity index is 1.52. The van der Waals surface area contributed by atoms with Crippen LogP contribution in [-0.2, 0) is 6.42 Å². The van der Waals surface area contributed by atoms with E-state index in [9.17, 15) is 4.79 Å². The predicted molar refractivity (Wildman–Crippen MR) is 121 cm³/mol. The highest BCUT2D eigenvalue weighted by Gasteiger charge is 2.25. The van der Waals surface area contributed by atoms with E-state index in [1.807, 2.05) is 11.3 Å². The zero-order chi connectivity index (χ0) is 19.1. The average Bonchev–Trinajstić information content (AvgIpc) is 3.21. The zero-order valence-electron chi connectivity index (χ0n) is 17.2. The van der Waals surface area contributed by atoms with E-state index >= 15 is 0 Å². The number of carbonyl (C=O) groups is 1. The molecule has 1 aliphatic rings. The molecular formula is C24H36OS2. The number of fused-ring (bicyclic) bond motifs is 1. The van der Waals surface area contributed by atoms with E-state index in [0.29, 0.717) is 11.7 Å². The molecule has 1 fully saturated rings. The van der Waals surface area contributed by atoms with E-state index in [-0.39, 0.29) is 0 Å². The minimum Gasteiger partial charge on any atom is -0.293 e. The molecule has 2 atom stereocenters. The van der Waals surface area contributed by atoms with Crippen LogP contribution in [0.4, 0.5) is 0 Å². The van der Waals surface area contributed by atoms with Crippen LogP contribution < -0.4 is 0 Å². The monoisotopic (exact) mass is 404 g/mol. The predicted octanol–water partition coefficient (Wildman–Crippen LogP) is 8.66. The number of Topliss-reactive ketones (excluding diaryl/α,β-unsaturated/α-hetero) is 1. The molecule has 0 bridgehead atoms. The lowest BCUT2D eigenvalue weighted by Crippen LogP contribution is -2.18. The first-order valence-electron chi connectivity index (χ1n) is 11.2. The van der Waals surface area contributed by atoms with E-state index < -0.39 is 0 Å². The summed E-state index contributed by atoms with van der Waals surface area (Å²) in [6.45, 7) is 4.53. The van der Waals surface area contributed by atoms with Gasteiger partial charge in [-0.1, -0.05) is 65.2 Å². The normalized spacial score (nSPS) is 20.4. The van der Waals surface area contributed by atoms with E-state index in [0.717, 1.165) is 17.2 Å². The minimum absolute atomic E-state index is 0.398. The largest absolute Gasteiger partial charge is 0.293 e. The molecule has 0 spiro atoms. The van der Waals surface area contributed by atoms with Crippen LogP contribution in [0, 0.1) is 11.8 Å². The van der Waals surface area contributed by atoms with Crippen LogP contribution in [0.3, 0.4) is 0 Å². The van der Waals surface area contributed by atoms with Gasteiger partial charge in [-0.3, -0.25) is 4.79 Å². The van der Waals surface area contributed by atoms with Gasteiger partial charge in [0.1, 0.15) is 0 Å². The van der Waals surface area contributed by atoms with Crippen LogP contribution in [0.25, 0.3) is 9.40 Å². The third-order valence-electron chi connectivity index (χ3n) is 6.14. The van der Waals surface area contributed by atoms with Gasteiger partial charge in [0, 0.05) is 20.7 Å². The Labute approximate surface area is 173 Å². The smallest absolute Gasteiger partial charge is 0.173 e. The highest BCUT2D eigenvalue weighted by molar-refractivity contribution is 7.28. The quantitative estimate of drug-likeness (QED) is 0.270. The second-order valence-electron chi connectivity index (χ2n) is 8.53. The summed E-state index contributed by atoms with van der Waals surface area (Å²) < 4.78 is 2.66. The number of thiophene rings is 2. The first-order valence-corrected chi connectivity index (χ1v) is 12.9. The lowest BCUT2D eigenvalue weighted by molar-refractivity contribution is 0.0942. The maximum atomic E-state index is 12.9. The van der Waals surface area contributed by atoms with Crippen LogP contribution in [0.15, 0.2) is 12.1 Å². The molecule has 0 saturated heterocycles. The Morgan fingerprint density at radius 2 is 1.70 bits per heavy atom. The summed E-state index contributed by atoms with van der Waals surface area (Å²) in [4.78, 5) is 15.4. The molecule has 2 heterocycles.